The summed E-state index contributed by atoms with van der Waals surface area (Å²) in [6, 6.07) is 6.90. The maximum absolute atomic E-state index is 10.5. The van der Waals surface area contributed by atoms with Gasteiger partial charge in [-0.05, 0) is 24.3 Å². The number of carbonyl (C=O) groups is 2. The number of hydrogen-bond donors (Lipinski definition) is 0. The van der Waals surface area contributed by atoms with Gasteiger partial charge >= 0.3 is 5.97 Å². The highest BCUT2D eigenvalue weighted by Crippen LogP contribution is 2.10. The van der Waals surface area contributed by atoms with Crippen molar-refractivity contribution < 1.29 is 38.0 Å². The Kier molecular flexibility index (Phi) is 13.8. The molecule has 0 aliphatic heterocycles. The predicted molar refractivity (Wildman–Crippen MR) is 97.2 cm³/mol. The average molecular weight is 384 g/mol. The Morgan fingerprint density at radius 2 is 1.19 bits per heavy atom. The van der Waals surface area contributed by atoms with Crippen LogP contribution in [0.25, 0.3) is 0 Å². The van der Waals surface area contributed by atoms with E-state index in [9.17, 15) is 9.59 Å². The van der Waals surface area contributed by atoms with E-state index in [1.165, 1.54) is 6.92 Å². The third-order valence-corrected chi connectivity index (χ3v) is 3.16. The van der Waals surface area contributed by atoms with Crippen molar-refractivity contribution in [2.75, 3.05) is 66.1 Å². The predicted octanol–water partition coefficient (Wildman–Crippen LogP) is 1.51. The number of hydrogen-bond acceptors (Lipinski definition) is 8. The monoisotopic (exact) mass is 384 g/mol. The third kappa shape index (κ3) is 13.8. The normalized spacial score (nSPS) is 10.6. The second-order valence-corrected chi connectivity index (χ2v) is 5.32. The van der Waals surface area contributed by atoms with E-state index >= 15 is 0 Å². The van der Waals surface area contributed by atoms with Gasteiger partial charge in [0.2, 0.25) is 0 Å². The van der Waals surface area contributed by atoms with Gasteiger partial charge in [0.25, 0.3) is 0 Å². The molecule has 1 rings (SSSR count). The van der Waals surface area contributed by atoms with Crippen LogP contribution in [0.4, 0.5) is 0 Å². The van der Waals surface area contributed by atoms with E-state index < -0.39 is 0 Å². The van der Waals surface area contributed by atoms with Gasteiger partial charge in [-0.2, -0.15) is 0 Å². The molecule has 0 aliphatic carbocycles. The van der Waals surface area contributed by atoms with Crippen LogP contribution in [0.2, 0.25) is 0 Å². The molecule has 0 bridgehead atoms. The lowest BCUT2D eigenvalue weighted by Crippen LogP contribution is -2.14. The number of aldehydes is 1. The molecule has 152 valence electrons. The summed E-state index contributed by atoms with van der Waals surface area (Å²) in [7, 11) is 0. The minimum atomic E-state index is -0.311. The number of esters is 1. The molecule has 0 spiro atoms. The first-order valence-electron chi connectivity index (χ1n) is 8.84. The number of ether oxygens (including phenoxy) is 6. The summed E-state index contributed by atoms with van der Waals surface area (Å²) < 4.78 is 31.5. The Morgan fingerprint density at radius 1 is 0.741 bits per heavy atom. The summed E-state index contributed by atoms with van der Waals surface area (Å²) in [5, 5.41) is 0. The van der Waals surface area contributed by atoms with Crippen LogP contribution in [0.5, 0.6) is 5.75 Å². The van der Waals surface area contributed by atoms with Crippen LogP contribution in [0, 0.1) is 0 Å². The second-order valence-electron chi connectivity index (χ2n) is 5.32. The minimum Gasteiger partial charge on any atom is -0.491 e. The van der Waals surface area contributed by atoms with E-state index in [1.807, 2.05) is 0 Å². The molecule has 0 heterocycles. The summed E-state index contributed by atoms with van der Waals surface area (Å²) in [6.45, 7) is 5.71. The first kappa shape index (κ1) is 23.0. The van der Waals surface area contributed by atoms with Crippen LogP contribution in [0.1, 0.15) is 17.3 Å². The Balaban J connectivity index is 1.77. The molecule has 0 aromatic heterocycles. The molecular weight excluding hydrogens is 356 g/mol. The van der Waals surface area contributed by atoms with Gasteiger partial charge in [0.05, 0.1) is 52.9 Å². The van der Waals surface area contributed by atoms with Crippen molar-refractivity contribution in [3.05, 3.63) is 29.8 Å². The first-order chi connectivity index (χ1) is 13.2. The highest BCUT2D eigenvalue weighted by Gasteiger charge is 1.96. The van der Waals surface area contributed by atoms with E-state index in [-0.39, 0.29) is 12.6 Å². The highest BCUT2D eigenvalue weighted by molar-refractivity contribution is 5.74. The maximum atomic E-state index is 10.5. The van der Waals surface area contributed by atoms with Gasteiger partial charge in [0.1, 0.15) is 25.2 Å². The summed E-state index contributed by atoms with van der Waals surface area (Å²) in [5.74, 6) is 0.391. The van der Waals surface area contributed by atoms with E-state index in [0.717, 1.165) is 6.29 Å². The zero-order chi connectivity index (χ0) is 19.6. The molecule has 0 radical (unpaired) electrons. The lowest BCUT2D eigenvalue weighted by atomic mass is 10.2. The van der Waals surface area contributed by atoms with Crippen LogP contribution in [-0.2, 0) is 28.5 Å². The fourth-order valence-electron chi connectivity index (χ4n) is 1.87. The van der Waals surface area contributed by atoms with Crippen molar-refractivity contribution in [3.63, 3.8) is 0 Å². The van der Waals surface area contributed by atoms with Gasteiger partial charge in [0, 0.05) is 12.5 Å². The molecule has 0 atom stereocenters. The molecule has 0 N–H and O–H groups in total. The summed E-state index contributed by atoms with van der Waals surface area (Å²) >= 11 is 0. The largest absolute Gasteiger partial charge is 0.491 e. The smallest absolute Gasteiger partial charge is 0.302 e. The fourth-order valence-corrected chi connectivity index (χ4v) is 1.87. The zero-order valence-electron chi connectivity index (χ0n) is 15.7. The molecule has 0 saturated heterocycles. The lowest BCUT2D eigenvalue weighted by Gasteiger charge is -2.08. The minimum absolute atomic E-state index is 0.260. The van der Waals surface area contributed by atoms with Crippen molar-refractivity contribution >= 4 is 12.3 Å². The molecule has 8 nitrogen and oxygen atoms in total. The third-order valence-electron chi connectivity index (χ3n) is 3.16. The molecular formula is C19H28O8. The average Bonchev–Trinajstić information content (AvgIpc) is 2.68. The fraction of sp³-hybridized carbons (Fsp3) is 0.579. The maximum Gasteiger partial charge on any atom is 0.302 e. The van der Waals surface area contributed by atoms with Crippen LogP contribution >= 0.6 is 0 Å². The Labute approximate surface area is 159 Å². The summed E-state index contributed by atoms with van der Waals surface area (Å²) in [5.41, 5.74) is 0.617. The first-order valence-corrected chi connectivity index (χ1v) is 8.84. The van der Waals surface area contributed by atoms with Gasteiger partial charge in [-0.15, -0.1) is 0 Å². The van der Waals surface area contributed by atoms with Crippen LogP contribution in [0.3, 0.4) is 0 Å². The van der Waals surface area contributed by atoms with Crippen molar-refractivity contribution in [2.24, 2.45) is 0 Å². The van der Waals surface area contributed by atoms with Gasteiger partial charge in [0.15, 0.2) is 0 Å². The topological polar surface area (TPSA) is 89.5 Å². The van der Waals surface area contributed by atoms with E-state index in [0.29, 0.717) is 70.8 Å². The van der Waals surface area contributed by atoms with Gasteiger partial charge in [-0.25, -0.2) is 0 Å². The molecule has 1 aromatic rings. The molecule has 27 heavy (non-hydrogen) atoms. The van der Waals surface area contributed by atoms with Crippen molar-refractivity contribution in [3.8, 4) is 5.75 Å². The summed E-state index contributed by atoms with van der Waals surface area (Å²) in [6.07, 6.45) is 0.792. The van der Waals surface area contributed by atoms with Crippen molar-refractivity contribution in [1.82, 2.24) is 0 Å². The molecule has 8 heteroatoms. The molecule has 0 saturated carbocycles. The second kappa shape index (κ2) is 16.2. The van der Waals surface area contributed by atoms with Gasteiger partial charge < -0.3 is 28.4 Å². The van der Waals surface area contributed by atoms with Crippen LogP contribution in [0.15, 0.2) is 24.3 Å². The standard InChI is InChI=1S/C19H28O8/c1-17(21)26-14-12-24-10-8-22-6-7-23-9-11-25-13-15-27-19-4-2-18(16-20)3-5-19/h2-5,16H,6-15H2,1H3. The molecule has 0 aliphatic rings. The van der Waals surface area contributed by atoms with Crippen molar-refractivity contribution in [1.29, 1.82) is 0 Å². The summed E-state index contributed by atoms with van der Waals surface area (Å²) in [4.78, 5) is 21.1. The quantitative estimate of drug-likeness (QED) is 0.227. The molecule has 0 fully saturated rings. The van der Waals surface area contributed by atoms with E-state index in [4.69, 9.17) is 28.4 Å². The van der Waals surface area contributed by atoms with E-state index in [2.05, 4.69) is 0 Å². The Morgan fingerprint density at radius 3 is 1.63 bits per heavy atom. The molecule has 1 aromatic carbocycles. The molecule has 0 amide bonds. The van der Waals surface area contributed by atoms with Crippen LogP contribution < -0.4 is 4.74 Å². The Hall–Kier alpha value is -2.00. The SMILES string of the molecule is CC(=O)OCCOCCOCCOCCOCCOc1ccc(C=O)cc1. The zero-order valence-corrected chi connectivity index (χ0v) is 15.7. The highest BCUT2D eigenvalue weighted by atomic mass is 16.6. The Bertz CT molecular complexity index is 503. The van der Waals surface area contributed by atoms with E-state index in [1.54, 1.807) is 24.3 Å². The lowest BCUT2D eigenvalue weighted by molar-refractivity contribution is -0.142. The van der Waals surface area contributed by atoms with Gasteiger partial charge in [-0.1, -0.05) is 0 Å². The number of carbonyl (C=O) groups excluding carboxylic acids is 2. The van der Waals surface area contributed by atoms with Crippen molar-refractivity contribution in [2.45, 2.75) is 6.92 Å². The number of benzene rings is 1. The van der Waals surface area contributed by atoms with Crippen LogP contribution in [-0.4, -0.2) is 78.3 Å². The molecule has 0 unspecified atom stereocenters. The van der Waals surface area contributed by atoms with Gasteiger partial charge in [-0.3, -0.25) is 9.59 Å². The number of rotatable bonds is 17.